The van der Waals surface area contributed by atoms with Gasteiger partial charge in [0.1, 0.15) is 28.6 Å². The van der Waals surface area contributed by atoms with Gasteiger partial charge in [-0.25, -0.2) is 9.78 Å². The number of carbonyl (C=O) groups is 3. The molecule has 0 saturated carbocycles. The third kappa shape index (κ3) is 8.33. The molecular formula is C36H42N4O6S. The Labute approximate surface area is 279 Å². The van der Waals surface area contributed by atoms with Crippen molar-refractivity contribution in [3.05, 3.63) is 102 Å². The van der Waals surface area contributed by atoms with Crippen LogP contribution < -0.4 is 10.6 Å². The highest BCUT2D eigenvalue weighted by Crippen LogP contribution is 2.42. The Kier molecular flexibility index (Phi) is 10.6. The first-order valence-electron chi connectivity index (χ1n) is 15.8. The Morgan fingerprint density at radius 1 is 0.979 bits per heavy atom. The predicted molar refractivity (Wildman–Crippen MR) is 181 cm³/mol. The van der Waals surface area contributed by atoms with E-state index >= 15 is 0 Å². The number of aromatic nitrogens is 1. The molecule has 1 saturated heterocycles. The Morgan fingerprint density at radius 2 is 1.62 bits per heavy atom. The monoisotopic (exact) mass is 658 g/mol. The zero-order valence-electron chi connectivity index (χ0n) is 27.3. The number of nitrogens with one attached hydrogen (secondary N) is 2. The van der Waals surface area contributed by atoms with Gasteiger partial charge in [0.15, 0.2) is 11.7 Å². The normalized spacial score (nSPS) is 18.5. The van der Waals surface area contributed by atoms with E-state index in [1.807, 2.05) is 86.6 Å². The van der Waals surface area contributed by atoms with Gasteiger partial charge in [-0.3, -0.25) is 9.59 Å². The van der Waals surface area contributed by atoms with Crippen LogP contribution in [0.15, 0.2) is 89.3 Å². The van der Waals surface area contributed by atoms with Crippen LogP contribution in [-0.4, -0.2) is 62.4 Å². The van der Waals surface area contributed by atoms with Gasteiger partial charge in [-0.05, 0) is 56.4 Å². The van der Waals surface area contributed by atoms with E-state index in [2.05, 4.69) is 15.6 Å². The van der Waals surface area contributed by atoms with E-state index in [9.17, 15) is 19.5 Å². The third-order valence-corrected chi connectivity index (χ3v) is 9.14. The molecule has 10 nitrogen and oxygen atoms in total. The number of ether oxygens (including phenoxy) is 1. The topological polar surface area (TPSA) is 134 Å². The molecule has 0 spiro atoms. The molecule has 1 aliphatic heterocycles. The number of thioether (sulfide) groups is 1. The first kappa shape index (κ1) is 34.0. The van der Waals surface area contributed by atoms with E-state index in [-0.39, 0.29) is 18.2 Å². The van der Waals surface area contributed by atoms with Crippen LogP contribution in [0.1, 0.15) is 63.1 Å². The van der Waals surface area contributed by atoms with Crippen molar-refractivity contribution in [1.29, 1.82) is 0 Å². The molecule has 2 heterocycles. The number of hydrogen-bond acceptors (Lipinski definition) is 8. The number of nitrogens with zero attached hydrogens (tertiary/aromatic N) is 2. The summed E-state index contributed by atoms with van der Waals surface area (Å²) in [6, 6.07) is 23.6. The van der Waals surface area contributed by atoms with E-state index in [0.717, 1.165) is 11.1 Å². The summed E-state index contributed by atoms with van der Waals surface area (Å²) in [5, 5.41) is 16.9. The number of aliphatic hydroxyl groups is 1. The minimum absolute atomic E-state index is 0.0877. The van der Waals surface area contributed by atoms with Gasteiger partial charge in [0.05, 0.1) is 6.04 Å². The lowest BCUT2D eigenvalue weighted by Gasteiger charge is -2.35. The second kappa shape index (κ2) is 14.6. The molecule has 0 aliphatic carbocycles. The molecule has 0 radical (unpaired) electrons. The number of carbonyl (C=O) groups excluding carboxylic acids is 3. The average Bonchev–Trinajstić information content (AvgIpc) is 3.68. The van der Waals surface area contributed by atoms with Crippen LogP contribution in [-0.2, 0) is 20.7 Å². The van der Waals surface area contributed by atoms with E-state index in [1.165, 1.54) is 11.8 Å². The summed E-state index contributed by atoms with van der Waals surface area (Å²) in [6.07, 6.45) is -1.69. The van der Waals surface area contributed by atoms with Crippen molar-refractivity contribution in [3.63, 3.8) is 0 Å². The number of alkyl carbamates (subject to hydrolysis) is 1. The fourth-order valence-electron chi connectivity index (χ4n) is 5.54. The van der Waals surface area contributed by atoms with Crippen molar-refractivity contribution in [2.75, 3.05) is 5.75 Å². The molecule has 1 fully saturated rings. The van der Waals surface area contributed by atoms with Crippen LogP contribution >= 0.6 is 11.8 Å². The molecule has 3 N–H and O–H groups in total. The molecular weight excluding hydrogens is 616 g/mol. The van der Waals surface area contributed by atoms with Gasteiger partial charge in [-0.15, -0.1) is 11.8 Å². The lowest BCUT2D eigenvalue weighted by molar-refractivity contribution is -0.143. The molecule has 2 unspecified atom stereocenters. The van der Waals surface area contributed by atoms with E-state index < -0.39 is 53.1 Å². The van der Waals surface area contributed by atoms with E-state index in [0.29, 0.717) is 16.9 Å². The summed E-state index contributed by atoms with van der Waals surface area (Å²) >= 11 is 1.47. The Hall–Kier alpha value is -4.35. The minimum Gasteiger partial charge on any atom is -0.444 e. The highest BCUT2D eigenvalue weighted by atomic mass is 32.2. The molecule has 5 atom stereocenters. The van der Waals surface area contributed by atoms with Gasteiger partial charge in [0.2, 0.25) is 17.7 Å². The van der Waals surface area contributed by atoms with E-state index in [4.69, 9.17) is 9.15 Å². The molecule has 11 heteroatoms. The molecule has 248 valence electrons. The fraction of sp³-hybridized carbons (Fsp3) is 0.389. The van der Waals surface area contributed by atoms with Crippen molar-refractivity contribution in [2.45, 2.75) is 76.2 Å². The lowest BCUT2D eigenvalue weighted by Crippen LogP contribution is -2.57. The number of fused-ring (bicyclic) bond motifs is 1. The first-order chi connectivity index (χ1) is 22.4. The number of amides is 3. The van der Waals surface area contributed by atoms with Gasteiger partial charge < -0.3 is 29.8 Å². The van der Waals surface area contributed by atoms with Gasteiger partial charge in [0, 0.05) is 5.75 Å². The minimum atomic E-state index is -1.27. The number of hydrogen-bond donors (Lipinski definition) is 3. The zero-order chi connectivity index (χ0) is 33.7. The van der Waals surface area contributed by atoms with Crippen LogP contribution in [0.2, 0.25) is 0 Å². The van der Waals surface area contributed by atoms with Crippen LogP contribution in [0.5, 0.6) is 0 Å². The summed E-state index contributed by atoms with van der Waals surface area (Å²) in [4.78, 5) is 47.5. The highest BCUT2D eigenvalue weighted by Gasteiger charge is 2.46. The van der Waals surface area contributed by atoms with Gasteiger partial charge in [-0.2, -0.15) is 0 Å². The maximum absolute atomic E-state index is 14.4. The molecule has 5 rings (SSSR count). The maximum atomic E-state index is 14.4. The van der Waals surface area contributed by atoms with Crippen LogP contribution in [0.25, 0.3) is 11.1 Å². The Morgan fingerprint density at radius 3 is 2.26 bits per heavy atom. The zero-order valence-corrected chi connectivity index (χ0v) is 28.1. The summed E-state index contributed by atoms with van der Waals surface area (Å²) in [7, 11) is 0. The summed E-state index contributed by atoms with van der Waals surface area (Å²) < 4.78 is 11.4. The number of aliphatic hydroxyl groups excluding tert-OH is 1. The number of oxazole rings is 1. The molecule has 3 amide bonds. The summed E-state index contributed by atoms with van der Waals surface area (Å²) in [5.74, 6) is -0.729. The molecule has 4 aromatic rings. The maximum Gasteiger partial charge on any atom is 0.408 e. The van der Waals surface area contributed by atoms with Gasteiger partial charge in [0.25, 0.3) is 0 Å². The largest absolute Gasteiger partial charge is 0.444 e. The van der Waals surface area contributed by atoms with Crippen molar-refractivity contribution in [2.24, 2.45) is 5.92 Å². The van der Waals surface area contributed by atoms with Gasteiger partial charge >= 0.3 is 6.09 Å². The Balaban J connectivity index is 1.45. The molecule has 1 aliphatic rings. The van der Waals surface area contributed by atoms with Crippen molar-refractivity contribution < 1.29 is 28.6 Å². The van der Waals surface area contributed by atoms with Crippen molar-refractivity contribution in [3.8, 4) is 0 Å². The second-order valence-corrected chi connectivity index (χ2v) is 14.1. The third-order valence-electron chi connectivity index (χ3n) is 7.82. The number of para-hydroxylation sites is 2. The molecule has 0 bridgehead atoms. The second-order valence-electron chi connectivity index (χ2n) is 13.0. The fourth-order valence-corrected chi connectivity index (χ4v) is 6.98. The Bertz CT molecular complexity index is 1640. The van der Waals surface area contributed by atoms with Crippen molar-refractivity contribution in [1.82, 2.24) is 20.5 Å². The first-order valence-corrected chi connectivity index (χ1v) is 16.8. The average molecular weight is 659 g/mol. The SMILES string of the molecule is CC(C)[C@H](NC(=O)OC(C)(C)C)C(=O)N1C(c2ccccc2)SC[C@H]1C(=O)N[C@@H](Cc1ccccc1)C(O)c1nc2ccccc2o1. The predicted octanol–water partition coefficient (Wildman–Crippen LogP) is 5.78. The summed E-state index contributed by atoms with van der Waals surface area (Å²) in [5.41, 5.74) is 2.12. The van der Waals surface area contributed by atoms with Crippen LogP contribution in [0.3, 0.4) is 0 Å². The smallest absolute Gasteiger partial charge is 0.408 e. The molecule has 47 heavy (non-hydrogen) atoms. The van der Waals surface area contributed by atoms with Gasteiger partial charge in [-0.1, -0.05) is 86.6 Å². The van der Waals surface area contributed by atoms with E-state index in [1.54, 1.807) is 37.8 Å². The highest BCUT2D eigenvalue weighted by molar-refractivity contribution is 7.99. The molecule has 1 aromatic heterocycles. The quantitative estimate of drug-likeness (QED) is 0.195. The van der Waals surface area contributed by atoms with Crippen molar-refractivity contribution >= 4 is 40.8 Å². The lowest BCUT2D eigenvalue weighted by atomic mass is 9.99. The number of benzene rings is 3. The van der Waals surface area contributed by atoms with Crippen LogP contribution in [0.4, 0.5) is 4.79 Å². The molecule has 3 aromatic carbocycles. The summed E-state index contributed by atoms with van der Waals surface area (Å²) in [6.45, 7) is 8.93. The van der Waals surface area contributed by atoms with Crippen LogP contribution in [0, 0.1) is 5.92 Å². The standard InChI is InChI=1S/C36H42N4O6S/c1-22(2)29(39-35(44)46-36(3,4)5)33(43)40-27(21-47-34(40)24-16-10-7-11-17-24)31(42)37-26(20-23-14-8-6-9-15-23)30(41)32-38-25-18-12-13-19-28(25)45-32/h6-19,22,26-27,29-30,34,41H,20-21H2,1-5H3,(H,37,42)(H,39,44)/t26-,27-,29-,30?,34?/m0/s1. The number of rotatable bonds is 10.